The van der Waals surface area contributed by atoms with Crippen LogP contribution in [0.2, 0.25) is 0 Å². The molecule has 0 aliphatic carbocycles. The summed E-state index contributed by atoms with van der Waals surface area (Å²) in [5.74, 6) is 0.727. The van der Waals surface area contributed by atoms with Crippen LogP contribution in [0.3, 0.4) is 0 Å². The molecule has 0 spiro atoms. The van der Waals surface area contributed by atoms with Crippen molar-refractivity contribution < 1.29 is 13.2 Å². The molecule has 1 fully saturated rings. The Morgan fingerprint density at radius 2 is 1.60 bits per heavy atom. The van der Waals surface area contributed by atoms with Crippen LogP contribution in [-0.2, 0) is 21.2 Å². The molecule has 3 aromatic carbocycles. The average Bonchev–Trinajstić information content (AvgIpc) is 2.87. The van der Waals surface area contributed by atoms with Crippen molar-refractivity contribution in [3.05, 3.63) is 83.9 Å². The number of piperidine rings is 1. The quantitative estimate of drug-likeness (QED) is 0.479. The number of likely N-dealkylation sites (tertiary alicyclic amines) is 1. The molecule has 0 saturated carbocycles. The molecule has 5 rings (SSSR count). The van der Waals surface area contributed by atoms with Gasteiger partial charge in [0, 0.05) is 24.2 Å². The van der Waals surface area contributed by atoms with Gasteiger partial charge in [0.1, 0.15) is 6.54 Å². The molecule has 0 N–H and O–H groups in total. The van der Waals surface area contributed by atoms with Crippen molar-refractivity contribution in [1.29, 1.82) is 0 Å². The number of anilines is 1. The monoisotopic (exact) mass is 488 g/mol. The molecule has 0 atom stereocenters. The normalized spacial score (nSPS) is 17.2. The molecule has 0 unspecified atom stereocenters. The highest BCUT2D eigenvalue weighted by Gasteiger charge is 2.37. The van der Waals surface area contributed by atoms with Crippen LogP contribution in [0.1, 0.15) is 43.7 Å². The summed E-state index contributed by atoms with van der Waals surface area (Å²) in [7, 11) is -3.83. The Hall–Kier alpha value is -3.12. The second-order valence-corrected chi connectivity index (χ2v) is 11.8. The fourth-order valence-electron chi connectivity index (χ4n) is 5.24. The van der Waals surface area contributed by atoms with Crippen LogP contribution in [0, 0.1) is 5.92 Å². The van der Waals surface area contributed by atoms with Crippen LogP contribution in [-0.4, -0.2) is 38.9 Å². The number of carbonyl (C=O) groups excluding carboxylic acids is 1. The zero-order valence-corrected chi connectivity index (χ0v) is 21.2. The highest BCUT2D eigenvalue weighted by Crippen LogP contribution is 2.44. The lowest BCUT2D eigenvalue weighted by Gasteiger charge is -2.36. The van der Waals surface area contributed by atoms with E-state index in [-0.39, 0.29) is 17.3 Å². The van der Waals surface area contributed by atoms with Gasteiger partial charge in [-0.1, -0.05) is 68.4 Å². The van der Waals surface area contributed by atoms with Gasteiger partial charge in [0.15, 0.2) is 0 Å². The van der Waals surface area contributed by atoms with Crippen LogP contribution < -0.4 is 4.31 Å². The molecule has 1 amide bonds. The molecule has 2 heterocycles. The molecule has 6 heteroatoms. The molecule has 5 nitrogen and oxygen atoms in total. The van der Waals surface area contributed by atoms with Crippen molar-refractivity contribution in [1.82, 2.24) is 4.90 Å². The summed E-state index contributed by atoms with van der Waals surface area (Å²) in [6, 6.07) is 23.5. The van der Waals surface area contributed by atoms with Crippen LogP contribution in [0.25, 0.3) is 11.1 Å². The van der Waals surface area contributed by atoms with Crippen LogP contribution in [0.15, 0.2) is 77.7 Å². The standard InChI is InChI=1S/C29H32N2O3S/c1-21(2)24-12-13-27-26(19-24)25-10-6-7-11-28(25)35(33,34)31(27)20-29(32)30-16-14-23(15-17-30)18-22-8-4-3-5-9-22/h3-13,19,21,23H,14-18,20H2,1-2H3. The highest BCUT2D eigenvalue weighted by molar-refractivity contribution is 7.93. The molecular formula is C29H32N2O3S. The number of hydrogen-bond donors (Lipinski definition) is 0. The van der Waals surface area contributed by atoms with Crippen LogP contribution in [0.5, 0.6) is 0 Å². The lowest BCUT2D eigenvalue weighted by atomic mass is 9.90. The maximum Gasteiger partial charge on any atom is 0.265 e. The summed E-state index contributed by atoms with van der Waals surface area (Å²) in [5, 5.41) is 0. The Morgan fingerprint density at radius 3 is 2.31 bits per heavy atom. The lowest BCUT2D eigenvalue weighted by molar-refractivity contribution is -0.130. The lowest BCUT2D eigenvalue weighted by Crippen LogP contribution is -2.47. The summed E-state index contributed by atoms with van der Waals surface area (Å²) >= 11 is 0. The van der Waals surface area contributed by atoms with E-state index in [0.29, 0.717) is 36.2 Å². The first-order chi connectivity index (χ1) is 16.8. The molecule has 0 aromatic heterocycles. The summed E-state index contributed by atoms with van der Waals surface area (Å²) in [4.78, 5) is 15.4. The van der Waals surface area contributed by atoms with Gasteiger partial charge in [-0.3, -0.25) is 9.10 Å². The molecule has 0 bridgehead atoms. The van der Waals surface area contributed by atoms with E-state index < -0.39 is 10.0 Å². The maximum absolute atomic E-state index is 13.6. The molecule has 3 aromatic rings. The average molecular weight is 489 g/mol. The van der Waals surface area contributed by atoms with E-state index in [4.69, 9.17) is 0 Å². The summed E-state index contributed by atoms with van der Waals surface area (Å²) in [6.07, 6.45) is 2.89. The number of sulfonamides is 1. The highest BCUT2D eigenvalue weighted by atomic mass is 32.2. The topological polar surface area (TPSA) is 57.7 Å². The fraction of sp³-hybridized carbons (Fsp3) is 0.345. The molecular weight excluding hydrogens is 456 g/mol. The van der Waals surface area contributed by atoms with Gasteiger partial charge < -0.3 is 4.90 Å². The third kappa shape index (κ3) is 4.59. The second kappa shape index (κ2) is 9.50. The van der Waals surface area contributed by atoms with Crippen LogP contribution in [0.4, 0.5) is 5.69 Å². The van der Waals surface area contributed by atoms with Crippen molar-refractivity contribution >= 4 is 21.6 Å². The van der Waals surface area contributed by atoms with E-state index in [1.54, 1.807) is 12.1 Å². The Morgan fingerprint density at radius 1 is 0.914 bits per heavy atom. The third-order valence-electron chi connectivity index (χ3n) is 7.31. The largest absolute Gasteiger partial charge is 0.341 e. The van der Waals surface area contributed by atoms with Crippen molar-refractivity contribution in [2.75, 3.05) is 23.9 Å². The number of nitrogens with zero attached hydrogens (tertiary/aromatic N) is 2. The Balaban J connectivity index is 1.36. The minimum atomic E-state index is -3.83. The number of amides is 1. The van der Waals surface area contributed by atoms with Gasteiger partial charge in [-0.25, -0.2) is 8.42 Å². The number of rotatable bonds is 5. The summed E-state index contributed by atoms with van der Waals surface area (Å²) < 4.78 is 28.5. The van der Waals surface area contributed by atoms with E-state index >= 15 is 0 Å². The maximum atomic E-state index is 13.6. The Labute approximate surface area is 208 Å². The van der Waals surface area contributed by atoms with Crippen molar-refractivity contribution in [2.24, 2.45) is 5.92 Å². The van der Waals surface area contributed by atoms with E-state index in [2.05, 4.69) is 44.2 Å². The minimum absolute atomic E-state index is 0.134. The molecule has 2 aliphatic heterocycles. The smallest absolute Gasteiger partial charge is 0.265 e. The zero-order chi connectivity index (χ0) is 24.6. The molecule has 35 heavy (non-hydrogen) atoms. The van der Waals surface area contributed by atoms with Gasteiger partial charge in [-0.15, -0.1) is 0 Å². The van der Waals surface area contributed by atoms with E-state index in [1.807, 2.05) is 35.2 Å². The number of hydrogen-bond acceptors (Lipinski definition) is 3. The predicted octanol–water partition coefficient (Wildman–Crippen LogP) is 5.47. The molecule has 2 aliphatic rings. The molecule has 0 radical (unpaired) electrons. The minimum Gasteiger partial charge on any atom is -0.341 e. The SMILES string of the molecule is CC(C)c1ccc2c(c1)-c1ccccc1S(=O)(=O)N2CC(=O)N1CCC(Cc2ccccc2)CC1. The number of benzene rings is 3. The van der Waals surface area contributed by atoms with Gasteiger partial charge in [-0.05, 0) is 60.4 Å². The van der Waals surface area contributed by atoms with Gasteiger partial charge in [0.2, 0.25) is 5.91 Å². The van der Waals surface area contributed by atoms with Crippen molar-refractivity contribution in [2.45, 2.75) is 43.9 Å². The van der Waals surface area contributed by atoms with E-state index in [1.165, 1.54) is 9.87 Å². The molecule has 1 saturated heterocycles. The van der Waals surface area contributed by atoms with Gasteiger partial charge in [0.05, 0.1) is 10.6 Å². The van der Waals surface area contributed by atoms with Crippen molar-refractivity contribution in [3.63, 3.8) is 0 Å². The third-order valence-corrected chi connectivity index (χ3v) is 9.13. The van der Waals surface area contributed by atoms with E-state index in [9.17, 15) is 13.2 Å². The van der Waals surface area contributed by atoms with Crippen LogP contribution >= 0.6 is 0 Å². The first kappa shape index (κ1) is 23.6. The van der Waals surface area contributed by atoms with E-state index in [0.717, 1.165) is 30.4 Å². The van der Waals surface area contributed by atoms with Crippen molar-refractivity contribution in [3.8, 4) is 11.1 Å². The Kier molecular flexibility index (Phi) is 6.41. The molecule has 182 valence electrons. The number of carbonyl (C=O) groups is 1. The van der Waals surface area contributed by atoms with Gasteiger partial charge in [0.25, 0.3) is 10.0 Å². The first-order valence-electron chi connectivity index (χ1n) is 12.4. The second-order valence-electron chi connectivity index (χ2n) is 9.95. The Bertz CT molecular complexity index is 1330. The van der Waals surface area contributed by atoms with Gasteiger partial charge in [-0.2, -0.15) is 0 Å². The first-order valence-corrected chi connectivity index (χ1v) is 13.9. The zero-order valence-electron chi connectivity index (χ0n) is 20.4. The summed E-state index contributed by atoms with van der Waals surface area (Å²) in [6.45, 7) is 5.40. The predicted molar refractivity (Wildman–Crippen MR) is 140 cm³/mol. The fourth-order valence-corrected chi connectivity index (χ4v) is 6.88. The number of fused-ring (bicyclic) bond motifs is 3. The summed E-state index contributed by atoms with van der Waals surface area (Å²) in [5.41, 5.74) is 4.63. The van der Waals surface area contributed by atoms with Gasteiger partial charge >= 0.3 is 0 Å².